The van der Waals surface area contributed by atoms with E-state index in [1.54, 1.807) is 0 Å². The zero-order chi connectivity index (χ0) is 9.26. The van der Waals surface area contributed by atoms with Crippen LogP contribution in [0, 0.1) is 0 Å². The van der Waals surface area contributed by atoms with E-state index in [0.717, 1.165) is 26.3 Å². The molecule has 0 atom stereocenters. The Morgan fingerprint density at radius 3 is 2.46 bits per heavy atom. The summed E-state index contributed by atoms with van der Waals surface area (Å²) in [7, 11) is 0. The zero-order valence-electron chi connectivity index (χ0n) is 7.95. The van der Waals surface area contributed by atoms with Crippen LogP contribution in [0.3, 0.4) is 0 Å². The van der Waals surface area contributed by atoms with E-state index < -0.39 is 0 Å². The van der Waals surface area contributed by atoms with Crippen molar-refractivity contribution < 1.29 is 9.53 Å². The second-order valence-corrected chi connectivity index (χ2v) is 3.66. The van der Waals surface area contributed by atoms with Crippen LogP contribution >= 0.6 is 0 Å². The summed E-state index contributed by atoms with van der Waals surface area (Å²) >= 11 is 0. The number of rotatable bonds is 3. The maximum atomic E-state index is 11.6. The minimum Gasteiger partial charge on any atom is -0.377 e. The lowest BCUT2D eigenvalue weighted by atomic mass is 10.1. The number of hydrogen-bond acceptors (Lipinski definition) is 3. The van der Waals surface area contributed by atoms with Crippen LogP contribution in [0.2, 0.25) is 0 Å². The quantitative estimate of drug-likeness (QED) is 0.648. The number of carbonyl (C=O) groups is 1. The van der Waals surface area contributed by atoms with E-state index in [1.807, 2.05) is 11.8 Å². The average Bonchev–Trinajstić information content (AvgIpc) is 1.95. The molecule has 0 unspecified atom stereocenters. The van der Waals surface area contributed by atoms with Gasteiger partial charge in [0.05, 0.1) is 25.3 Å². The van der Waals surface area contributed by atoms with Gasteiger partial charge < -0.3 is 15.0 Å². The minimum absolute atomic E-state index is 0.264. The second-order valence-electron chi connectivity index (χ2n) is 3.66. The molecule has 0 aliphatic carbocycles. The first-order valence-corrected chi connectivity index (χ1v) is 4.92. The summed E-state index contributed by atoms with van der Waals surface area (Å²) in [5, 5.41) is 3.19. The van der Waals surface area contributed by atoms with Crippen LogP contribution in [-0.4, -0.2) is 49.2 Å². The van der Waals surface area contributed by atoms with Crippen molar-refractivity contribution in [1.82, 2.24) is 10.2 Å². The molecule has 4 nitrogen and oxygen atoms in total. The SMILES string of the molecule is CCC(=O)N(C1CNC1)C1COC1. The Labute approximate surface area is 78.2 Å². The van der Waals surface area contributed by atoms with Crippen LogP contribution in [0.25, 0.3) is 0 Å². The van der Waals surface area contributed by atoms with Crippen molar-refractivity contribution in [3.05, 3.63) is 0 Å². The maximum Gasteiger partial charge on any atom is 0.223 e. The van der Waals surface area contributed by atoms with E-state index in [2.05, 4.69) is 5.32 Å². The van der Waals surface area contributed by atoms with Crippen molar-refractivity contribution in [2.45, 2.75) is 25.4 Å². The highest BCUT2D eigenvalue weighted by Crippen LogP contribution is 2.17. The van der Waals surface area contributed by atoms with Gasteiger partial charge in [-0.15, -0.1) is 0 Å². The molecule has 4 heteroatoms. The molecule has 1 N–H and O–H groups in total. The average molecular weight is 184 g/mol. The van der Waals surface area contributed by atoms with Gasteiger partial charge in [-0.2, -0.15) is 0 Å². The van der Waals surface area contributed by atoms with Crippen molar-refractivity contribution in [2.75, 3.05) is 26.3 Å². The molecule has 2 aliphatic rings. The normalized spacial score (nSPS) is 23.5. The van der Waals surface area contributed by atoms with Crippen molar-refractivity contribution in [2.24, 2.45) is 0 Å². The van der Waals surface area contributed by atoms with Crippen molar-refractivity contribution in [3.8, 4) is 0 Å². The van der Waals surface area contributed by atoms with Crippen LogP contribution < -0.4 is 5.32 Å². The highest BCUT2D eigenvalue weighted by Gasteiger charge is 2.36. The van der Waals surface area contributed by atoms with Gasteiger partial charge in [-0.3, -0.25) is 4.79 Å². The monoisotopic (exact) mass is 184 g/mol. The number of ether oxygens (including phenoxy) is 1. The molecule has 0 aromatic heterocycles. The fourth-order valence-corrected chi connectivity index (χ4v) is 1.74. The van der Waals surface area contributed by atoms with Gasteiger partial charge >= 0.3 is 0 Å². The van der Waals surface area contributed by atoms with E-state index in [9.17, 15) is 4.79 Å². The van der Waals surface area contributed by atoms with Crippen LogP contribution in [0.1, 0.15) is 13.3 Å². The summed E-state index contributed by atoms with van der Waals surface area (Å²) < 4.78 is 5.11. The molecule has 0 saturated carbocycles. The first kappa shape index (κ1) is 8.97. The largest absolute Gasteiger partial charge is 0.377 e. The number of nitrogens with one attached hydrogen (secondary N) is 1. The van der Waals surface area contributed by atoms with Gasteiger partial charge in [0.2, 0.25) is 5.91 Å². The van der Waals surface area contributed by atoms with Gasteiger partial charge in [-0.05, 0) is 0 Å². The van der Waals surface area contributed by atoms with Crippen molar-refractivity contribution >= 4 is 5.91 Å². The standard InChI is InChI=1S/C9H16N2O2/c1-2-9(12)11(7-3-10-4-7)8-5-13-6-8/h7-8,10H,2-6H2,1H3. The molecule has 0 radical (unpaired) electrons. The van der Waals surface area contributed by atoms with E-state index in [1.165, 1.54) is 0 Å². The molecule has 2 saturated heterocycles. The third kappa shape index (κ3) is 1.56. The van der Waals surface area contributed by atoms with Crippen LogP contribution in [0.5, 0.6) is 0 Å². The number of amides is 1. The molecule has 2 fully saturated rings. The molecule has 13 heavy (non-hydrogen) atoms. The lowest BCUT2D eigenvalue weighted by Crippen LogP contribution is -2.65. The molecule has 0 aromatic carbocycles. The summed E-state index contributed by atoms with van der Waals surface area (Å²) in [5.41, 5.74) is 0. The lowest BCUT2D eigenvalue weighted by molar-refractivity contribution is -0.150. The Kier molecular flexibility index (Phi) is 2.51. The maximum absolute atomic E-state index is 11.6. The molecular weight excluding hydrogens is 168 g/mol. The number of nitrogens with zero attached hydrogens (tertiary/aromatic N) is 1. The molecule has 2 rings (SSSR count). The summed E-state index contributed by atoms with van der Waals surface area (Å²) in [6.45, 7) is 5.26. The third-order valence-corrected chi connectivity index (χ3v) is 2.76. The zero-order valence-corrected chi connectivity index (χ0v) is 7.95. The first-order valence-electron chi connectivity index (χ1n) is 4.92. The Balaban J connectivity index is 1.96. The Hall–Kier alpha value is -0.610. The second kappa shape index (κ2) is 3.64. The fourth-order valence-electron chi connectivity index (χ4n) is 1.74. The third-order valence-electron chi connectivity index (χ3n) is 2.76. The molecule has 2 aliphatic heterocycles. The molecule has 74 valence electrons. The molecule has 1 amide bonds. The van der Waals surface area contributed by atoms with Gasteiger partial charge in [-0.25, -0.2) is 0 Å². The minimum atomic E-state index is 0.264. The van der Waals surface area contributed by atoms with Gasteiger partial charge in [0, 0.05) is 19.5 Å². The van der Waals surface area contributed by atoms with E-state index >= 15 is 0 Å². The topological polar surface area (TPSA) is 41.6 Å². The smallest absolute Gasteiger partial charge is 0.223 e. The summed E-state index contributed by atoms with van der Waals surface area (Å²) in [6.07, 6.45) is 0.604. The van der Waals surface area contributed by atoms with Gasteiger partial charge in [-0.1, -0.05) is 6.92 Å². The molecule has 0 bridgehead atoms. The molecule has 0 aromatic rings. The van der Waals surface area contributed by atoms with E-state index in [-0.39, 0.29) is 5.91 Å². The Bertz CT molecular complexity index is 186. The highest BCUT2D eigenvalue weighted by atomic mass is 16.5. The van der Waals surface area contributed by atoms with Crippen LogP contribution in [-0.2, 0) is 9.53 Å². The Morgan fingerprint density at radius 1 is 1.46 bits per heavy atom. The van der Waals surface area contributed by atoms with Crippen LogP contribution in [0.15, 0.2) is 0 Å². The highest BCUT2D eigenvalue weighted by molar-refractivity contribution is 5.76. The predicted molar refractivity (Wildman–Crippen MR) is 48.4 cm³/mol. The summed E-state index contributed by atoms with van der Waals surface area (Å²) in [4.78, 5) is 13.6. The first-order chi connectivity index (χ1) is 6.33. The predicted octanol–water partition coefficient (Wildman–Crippen LogP) is -0.404. The summed E-state index contributed by atoms with van der Waals surface area (Å²) in [5.74, 6) is 0.264. The van der Waals surface area contributed by atoms with Gasteiger partial charge in [0.15, 0.2) is 0 Å². The molecule has 2 heterocycles. The lowest BCUT2D eigenvalue weighted by Gasteiger charge is -2.46. The van der Waals surface area contributed by atoms with Crippen molar-refractivity contribution in [1.29, 1.82) is 0 Å². The molecular formula is C9H16N2O2. The fraction of sp³-hybridized carbons (Fsp3) is 0.889. The van der Waals surface area contributed by atoms with Crippen LogP contribution in [0.4, 0.5) is 0 Å². The molecule has 0 spiro atoms. The van der Waals surface area contributed by atoms with E-state index in [4.69, 9.17) is 4.74 Å². The Morgan fingerprint density at radius 2 is 2.15 bits per heavy atom. The number of carbonyl (C=O) groups excluding carboxylic acids is 1. The van der Waals surface area contributed by atoms with Gasteiger partial charge in [0.25, 0.3) is 0 Å². The van der Waals surface area contributed by atoms with Gasteiger partial charge in [0.1, 0.15) is 0 Å². The number of hydrogen-bond donors (Lipinski definition) is 1. The van der Waals surface area contributed by atoms with E-state index in [0.29, 0.717) is 18.5 Å². The van der Waals surface area contributed by atoms with Crippen molar-refractivity contribution in [3.63, 3.8) is 0 Å². The summed E-state index contributed by atoms with van der Waals surface area (Å²) in [6, 6.07) is 0.765.